The van der Waals surface area contributed by atoms with Gasteiger partial charge in [0.25, 0.3) is 0 Å². The summed E-state index contributed by atoms with van der Waals surface area (Å²) in [6.45, 7) is 3.20. The maximum atomic E-state index is 13.4. The molecule has 0 radical (unpaired) electrons. The molecule has 234 valence electrons. The number of hydrogen-bond donors (Lipinski definition) is 4. The molecule has 4 N–H and O–H groups in total. The summed E-state index contributed by atoms with van der Waals surface area (Å²) in [6, 6.07) is 7.18. The van der Waals surface area contributed by atoms with Crippen LogP contribution in [0, 0.1) is 11.8 Å². The first-order valence-corrected chi connectivity index (χ1v) is 14.1. The summed E-state index contributed by atoms with van der Waals surface area (Å²) < 4.78 is 46.3. The number of benzene rings is 2. The van der Waals surface area contributed by atoms with Crippen LogP contribution in [0.1, 0.15) is 42.6 Å². The Hall–Kier alpha value is -3.33. The van der Waals surface area contributed by atoms with E-state index < -0.39 is 67.1 Å². The molecule has 2 aromatic carbocycles. The molecule has 3 heterocycles. The van der Waals surface area contributed by atoms with Crippen LogP contribution in [0.3, 0.4) is 0 Å². The first-order chi connectivity index (χ1) is 20.7. The van der Waals surface area contributed by atoms with Crippen molar-refractivity contribution in [2.24, 2.45) is 11.8 Å². The van der Waals surface area contributed by atoms with Gasteiger partial charge in [-0.1, -0.05) is 0 Å². The van der Waals surface area contributed by atoms with Gasteiger partial charge in [0, 0.05) is 11.8 Å². The van der Waals surface area contributed by atoms with Gasteiger partial charge in [-0.05, 0) is 54.8 Å². The predicted molar refractivity (Wildman–Crippen MR) is 145 cm³/mol. The largest absolute Gasteiger partial charge is 0.493 e. The van der Waals surface area contributed by atoms with Crippen molar-refractivity contribution in [1.82, 2.24) is 0 Å². The SMILES string of the molecule is COc1cc(C2c3cc4c(cc3C(OC3OC(CO)C(O)C(O)C3O)C3COC(=O)C23)OCO4)cc(OC)c1OC(C)C. The van der Waals surface area contributed by atoms with Crippen LogP contribution in [0.4, 0.5) is 0 Å². The number of esters is 1. The van der Waals surface area contributed by atoms with Gasteiger partial charge in [-0.15, -0.1) is 0 Å². The molecule has 2 fully saturated rings. The quantitative estimate of drug-likeness (QED) is 0.315. The molecule has 9 atom stereocenters. The van der Waals surface area contributed by atoms with Crippen LogP contribution in [-0.2, 0) is 19.0 Å². The molecule has 0 bridgehead atoms. The highest BCUT2D eigenvalue weighted by Gasteiger charge is 2.55. The Labute approximate surface area is 247 Å². The van der Waals surface area contributed by atoms with Crippen molar-refractivity contribution in [3.05, 3.63) is 41.0 Å². The number of hydrogen-bond acceptors (Lipinski definition) is 13. The van der Waals surface area contributed by atoms with E-state index in [0.29, 0.717) is 45.4 Å². The second-order valence-electron chi connectivity index (χ2n) is 11.3. The van der Waals surface area contributed by atoms with Crippen molar-refractivity contribution in [2.75, 3.05) is 34.2 Å². The lowest BCUT2D eigenvalue weighted by atomic mass is 9.66. The highest BCUT2D eigenvalue weighted by atomic mass is 16.7. The van der Waals surface area contributed by atoms with Crippen molar-refractivity contribution in [3.8, 4) is 28.7 Å². The van der Waals surface area contributed by atoms with Crippen LogP contribution in [0.15, 0.2) is 24.3 Å². The Morgan fingerprint density at radius 2 is 1.56 bits per heavy atom. The van der Waals surface area contributed by atoms with E-state index in [1.54, 1.807) is 24.3 Å². The predicted octanol–water partition coefficient (Wildman–Crippen LogP) is 1.01. The van der Waals surface area contributed by atoms with Gasteiger partial charge >= 0.3 is 5.97 Å². The zero-order chi connectivity index (χ0) is 30.6. The zero-order valence-corrected chi connectivity index (χ0v) is 24.2. The van der Waals surface area contributed by atoms with Crippen LogP contribution in [0.25, 0.3) is 0 Å². The molecule has 4 aliphatic rings. The fraction of sp³-hybridized carbons (Fsp3) is 0.567. The number of cyclic esters (lactones) is 1. The molecule has 43 heavy (non-hydrogen) atoms. The van der Waals surface area contributed by atoms with E-state index in [-0.39, 0.29) is 19.5 Å². The standard InChI is InChI=1S/C30H36O13/c1-12(2)41-28-19(36-3)5-13(6-20(28)37-4)22-14-7-17-18(40-11-39-17)8-15(14)27(16-10-38-29(35)23(16)22)43-30-26(34)25(33)24(32)21(9-31)42-30/h5-8,12,16,21-27,30-34H,9-11H2,1-4H3. The fourth-order valence-corrected chi connectivity index (χ4v) is 6.44. The third-order valence-corrected chi connectivity index (χ3v) is 8.44. The maximum absolute atomic E-state index is 13.4. The minimum Gasteiger partial charge on any atom is -0.493 e. The van der Waals surface area contributed by atoms with E-state index in [9.17, 15) is 25.2 Å². The minimum atomic E-state index is -1.63. The molecule has 3 aliphatic heterocycles. The number of aliphatic hydroxyl groups is 4. The van der Waals surface area contributed by atoms with E-state index >= 15 is 0 Å². The van der Waals surface area contributed by atoms with E-state index in [0.717, 1.165) is 0 Å². The Kier molecular flexibility index (Phi) is 8.05. The summed E-state index contributed by atoms with van der Waals surface area (Å²) in [6.07, 6.45) is -8.43. The Morgan fingerprint density at radius 1 is 0.907 bits per heavy atom. The molecule has 1 aliphatic carbocycles. The van der Waals surface area contributed by atoms with Crippen molar-refractivity contribution in [3.63, 3.8) is 0 Å². The van der Waals surface area contributed by atoms with E-state index in [1.165, 1.54) is 14.2 Å². The number of rotatable bonds is 8. The molecule has 0 aromatic heterocycles. The fourth-order valence-electron chi connectivity index (χ4n) is 6.44. The number of methoxy groups -OCH3 is 2. The van der Waals surface area contributed by atoms with Crippen LogP contribution in [0.5, 0.6) is 28.7 Å². The molecule has 2 aromatic rings. The van der Waals surface area contributed by atoms with Gasteiger partial charge in [-0.2, -0.15) is 0 Å². The smallest absolute Gasteiger partial charge is 0.310 e. The monoisotopic (exact) mass is 604 g/mol. The lowest BCUT2D eigenvalue weighted by Crippen LogP contribution is -2.59. The topological polar surface area (TPSA) is 172 Å². The highest BCUT2D eigenvalue weighted by molar-refractivity contribution is 5.79. The third kappa shape index (κ3) is 5.03. The van der Waals surface area contributed by atoms with E-state index in [2.05, 4.69) is 0 Å². The van der Waals surface area contributed by atoms with Crippen LogP contribution in [0.2, 0.25) is 0 Å². The molecular formula is C30H36O13. The minimum absolute atomic E-state index is 0.0127. The zero-order valence-electron chi connectivity index (χ0n) is 24.2. The summed E-state index contributed by atoms with van der Waals surface area (Å²) in [5.41, 5.74) is 2.01. The number of carbonyl (C=O) groups excluding carboxylic acids is 1. The van der Waals surface area contributed by atoms with Gasteiger partial charge in [-0.3, -0.25) is 4.79 Å². The Morgan fingerprint density at radius 3 is 2.16 bits per heavy atom. The lowest BCUT2D eigenvalue weighted by molar-refractivity contribution is -0.317. The highest BCUT2D eigenvalue weighted by Crippen LogP contribution is 2.57. The average Bonchev–Trinajstić information content (AvgIpc) is 3.62. The lowest BCUT2D eigenvalue weighted by Gasteiger charge is -2.44. The molecule has 6 rings (SSSR count). The Bertz CT molecular complexity index is 1330. The maximum Gasteiger partial charge on any atom is 0.310 e. The molecule has 9 unspecified atom stereocenters. The summed E-state index contributed by atoms with van der Waals surface area (Å²) >= 11 is 0. The van der Waals surface area contributed by atoms with Crippen LogP contribution in [-0.4, -0.2) is 97.4 Å². The first-order valence-electron chi connectivity index (χ1n) is 14.1. The third-order valence-electron chi connectivity index (χ3n) is 8.44. The van der Waals surface area contributed by atoms with Gasteiger partial charge in [0.15, 0.2) is 29.3 Å². The van der Waals surface area contributed by atoms with Crippen molar-refractivity contribution in [2.45, 2.75) is 62.7 Å². The molecular weight excluding hydrogens is 568 g/mol. The molecule has 2 saturated heterocycles. The number of carbonyl (C=O) groups is 1. The number of ether oxygens (including phenoxy) is 8. The molecule has 13 heteroatoms. The normalized spacial score (nSPS) is 32.7. The van der Waals surface area contributed by atoms with E-state index in [1.807, 2.05) is 13.8 Å². The number of aliphatic hydroxyl groups excluding tert-OH is 4. The van der Waals surface area contributed by atoms with Crippen molar-refractivity contribution >= 4 is 5.97 Å². The molecule has 0 amide bonds. The Balaban J connectivity index is 1.48. The summed E-state index contributed by atoms with van der Waals surface area (Å²) in [4.78, 5) is 13.4. The molecule has 0 spiro atoms. The first kappa shape index (κ1) is 29.7. The molecule has 13 nitrogen and oxygen atoms in total. The van der Waals surface area contributed by atoms with Gasteiger partial charge < -0.3 is 58.3 Å². The van der Waals surface area contributed by atoms with Crippen LogP contribution >= 0.6 is 0 Å². The van der Waals surface area contributed by atoms with E-state index in [4.69, 9.17) is 37.9 Å². The number of fused-ring (bicyclic) bond motifs is 3. The summed E-state index contributed by atoms with van der Waals surface area (Å²) in [7, 11) is 3.05. The average molecular weight is 605 g/mol. The summed E-state index contributed by atoms with van der Waals surface area (Å²) in [5, 5.41) is 41.1. The van der Waals surface area contributed by atoms with Gasteiger partial charge in [0.1, 0.15) is 24.4 Å². The second-order valence-corrected chi connectivity index (χ2v) is 11.3. The van der Waals surface area contributed by atoms with Crippen molar-refractivity contribution < 1.29 is 63.1 Å². The van der Waals surface area contributed by atoms with Crippen molar-refractivity contribution in [1.29, 1.82) is 0 Å². The second kappa shape index (κ2) is 11.6. The molecule has 0 saturated carbocycles. The van der Waals surface area contributed by atoms with Gasteiger partial charge in [0.2, 0.25) is 12.5 Å². The van der Waals surface area contributed by atoms with Gasteiger partial charge in [-0.25, -0.2) is 0 Å². The van der Waals surface area contributed by atoms with Gasteiger partial charge in [0.05, 0.1) is 45.6 Å². The van der Waals surface area contributed by atoms with Crippen LogP contribution < -0.4 is 23.7 Å². The summed E-state index contributed by atoms with van der Waals surface area (Å²) in [5.74, 6) is -0.0643.